The molecule has 1 heterocycles. The Bertz CT molecular complexity index is 902. The number of anilines is 1. The summed E-state index contributed by atoms with van der Waals surface area (Å²) in [6, 6.07) is 6.48. The molecule has 8 heteroatoms. The predicted octanol–water partition coefficient (Wildman–Crippen LogP) is 3.52. The molecule has 1 aromatic heterocycles. The minimum Gasteiger partial charge on any atom is -0.492 e. The third kappa shape index (κ3) is 4.25. The van der Waals surface area contributed by atoms with Crippen LogP contribution in [0.25, 0.3) is 0 Å². The lowest BCUT2D eigenvalue weighted by Crippen LogP contribution is -2.23. The molecular weight excluding hydrogens is 372 g/mol. The lowest BCUT2D eigenvalue weighted by atomic mass is 10.2. The van der Waals surface area contributed by atoms with Crippen molar-refractivity contribution < 1.29 is 17.9 Å². The van der Waals surface area contributed by atoms with Gasteiger partial charge in [0.25, 0.3) is 5.91 Å². The Labute approximate surface area is 158 Å². The van der Waals surface area contributed by atoms with Crippen LogP contribution in [-0.2, 0) is 16.4 Å². The molecule has 0 atom stereocenters. The van der Waals surface area contributed by atoms with Crippen molar-refractivity contribution in [3.05, 3.63) is 39.6 Å². The van der Waals surface area contributed by atoms with Crippen LogP contribution < -0.4 is 10.1 Å². The van der Waals surface area contributed by atoms with Gasteiger partial charge in [-0.1, -0.05) is 6.92 Å². The summed E-state index contributed by atoms with van der Waals surface area (Å²) in [4.78, 5) is 14.3. The van der Waals surface area contributed by atoms with Crippen LogP contribution >= 0.6 is 11.3 Å². The van der Waals surface area contributed by atoms with E-state index in [1.807, 2.05) is 19.9 Å². The van der Waals surface area contributed by atoms with Gasteiger partial charge in [-0.05, 0) is 50.1 Å². The molecule has 1 aromatic carbocycles. The van der Waals surface area contributed by atoms with Crippen molar-refractivity contribution in [2.75, 3.05) is 26.0 Å². The molecule has 0 saturated heterocycles. The standard InChI is InChI=1S/C18H24N2O4S2/c1-6-15-12(3)10-16(25-15)18(21)19-13-8-9-14(24-7-2)17(11-13)26(22,23)20(4)5/h8-11H,6-7H2,1-5H3,(H,19,21). The van der Waals surface area contributed by atoms with E-state index in [-0.39, 0.29) is 16.6 Å². The molecule has 2 rings (SSSR count). The van der Waals surface area contributed by atoms with Crippen molar-refractivity contribution in [2.24, 2.45) is 0 Å². The molecule has 0 aliphatic carbocycles. The molecule has 0 radical (unpaired) electrons. The van der Waals surface area contributed by atoms with E-state index in [4.69, 9.17) is 4.74 Å². The molecule has 0 spiro atoms. The van der Waals surface area contributed by atoms with E-state index >= 15 is 0 Å². The summed E-state index contributed by atoms with van der Waals surface area (Å²) in [6.45, 7) is 6.15. The van der Waals surface area contributed by atoms with Crippen molar-refractivity contribution in [1.82, 2.24) is 4.31 Å². The van der Waals surface area contributed by atoms with Gasteiger partial charge in [0, 0.05) is 24.7 Å². The number of aryl methyl sites for hydroxylation is 2. The van der Waals surface area contributed by atoms with E-state index in [1.54, 1.807) is 19.1 Å². The number of amides is 1. The molecular formula is C18H24N2O4S2. The Morgan fingerprint density at radius 3 is 2.46 bits per heavy atom. The molecule has 2 aromatic rings. The zero-order valence-electron chi connectivity index (χ0n) is 15.6. The summed E-state index contributed by atoms with van der Waals surface area (Å²) in [6.07, 6.45) is 0.873. The van der Waals surface area contributed by atoms with Crippen molar-refractivity contribution >= 4 is 33.0 Å². The first kappa shape index (κ1) is 20.4. The van der Waals surface area contributed by atoms with Crippen LogP contribution in [0.5, 0.6) is 5.75 Å². The minimum absolute atomic E-state index is 0.0266. The van der Waals surface area contributed by atoms with E-state index < -0.39 is 10.0 Å². The maximum absolute atomic E-state index is 12.6. The normalized spacial score (nSPS) is 11.6. The quantitative estimate of drug-likeness (QED) is 0.777. The molecule has 0 aliphatic rings. The van der Waals surface area contributed by atoms with Gasteiger partial charge in [0.15, 0.2) is 0 Å². The molecule has 142 valence electrons. The van der Waals surface area contributed by atoms with Gasteiger partial charge in [0.05, 0.1) is 11.5 Å². The largest absolute Gasteiger partial charge is 0.492 e. The van der Waals surface area contributed by atoms with Gasteiger partial charge in [0.2, 0.25) is 10.0 Å². The summed E-state index contributed by atoms with van der Waals surface area (Å²) in [5.41, 5.74) is 1.49. The van der Waals surface area contributed by atoms with Crippen LogP contribution in [0.3, 0.4) is 0 Å². The molecule has 0 unspecified atom stereocenters. The van der Waals surface area contributed by atoms with Crippen molar-refractivity contribution in [3.8, 4) is 5.75 Å². The number of rotatable bonds is 7. The maximum Gasteiger partial charge on any atom is 0.265 e. The van der Waals surface area contributed by atoms with Gasteiger partial charge in [-0.2, -0.15) is 0 Å². The van der Waals surface area contributed by atoms with Crippen LogP contribution in [0.4, 0.5) is 5.69 Å². The van der Waals surface area contributed by atoms with Crippen LogP contribution in [0, 0.1) is 6.92 Å². The van der Waals surface area contributed by atoms with E-state index in [9.17, 15) is 13.2 Å². The van der Waals surface area contributed by atoms with E-state index in [1.165, 1.54) is 31.5 Å². The van der Waals surface area contributed by atoms with Gasteiger partial charge >= 0.3 is 0 Å². The molecule has 0 bridgehead atoms. The number of carbonyl (C=O) groups is 1. The fourth-order valence-corrected chi connectivity index (χ4v) is 4.49. The van der Waals surface area contributed by atoms with Crippen LogP contribution in [-0.4, -0.2) is 39.3 Å². The van der Waals surface area contributed by atoms with Crippen LogP contribution in [0.2, 0.25) is 0 Å². The lowest BCUT2D eigenvalue weighted by molar-refractivity contribution is 0.103. The van der Waals surface area contributed by atoms with Gasteiger partial charge < -0.3 is 10.1 Å². The van der Waals surface area contributed by atoms with E-state index in [0.717, 1.165) is 21.2 Å². The average molecular weight is 397 g/mol. The Morgan fingerprint density at radius 1 is 1.23 bits per heavy atom. The molecule has 1 amide bonds. The van der Waals surface area contributed by atoms with Crippen molar-refractivity contribution in [3.63, 3.8) is 0 Å². The molecule has 0 aliphatic heterocycles. The number of carbonyl (C=O) groups excluding carboxylic acids is 1. The third-order valence-corrected chi connectivity index (χ3v) is 7.04. The highest BCUT2D eigenvalue weighted by Crippen LogP contribution is 2.30. The summed E-state index contributed by atoms with van der Waals surface area (Å²) >= 11 is 1.45. The van der Waals surface area contributed by atoms with Gasteiger partial charge in [-0.3, -0.25) is 4.79 Å². The number of hydrogen-bond donors (Lipinski definition) is 1. The Kier molecular flexibility index (Phi) is 6.44. The Balaban J connectivity index is 2.36. The lowest BCUT2D eigenvalue weighted by Gasteiger charge is -2.16. The Morgan fingerprint density at radius 2 is 1.92 bits per heavy atom. The number of hydrogen-bond acceptors (Lipinski definition) is 5. The summed E-state index contributed by atoms with van der Waals surface area (Å²) in [7, 11) is -0.789. The maximum atomic E-state index is 12.6. The first-order valence-corrected chi connectivity index (χ1v) is 10.6. The summed E-state index contributed by atoms with van der Waals surface area (Å²) in [5.74, 6) is 0.00889. The first-order valence-electron chi connectivity index (χ1n) is 8.30. The van der Waals surface area contributed by atoms with Gasteiger partial charge in [0.1, 0.15) is 10.6 Å². The monoisotopic (exact) mass is 396 g/mol. The molecule has 0 saturated carbocycles. The molecule has 26 heavy (non-hydrogen) atoms. The smallest absolute Gasteiger partial charge is 0.265 e. The van der Waals surface area contributed by atoms with Crippen molar-refractivity contribution in [2.45, 2.75) is 32.1 Å². The number of nitrogens with zero attached hydrogens (tertiary/aromatic N) is 1. The van der Waals surface area contributed by atoms with Crippen LogP contribution in [0.15, 0.2) is 29.2 Å². The second-order valence-electron chi connectivity index (χ2n) is 5.91. The number of nitrogens with one attached hydrogen (secondary N) is 1. The zero-order chi connectivity index (χ0) is 19.5. The number of benzene rings is 1. The summed E-state index contributed by atoms with van der Waals surface area (Å²) in [5, 5.41) is 2.78. The fraction of sp³-hybridized carbons (Fsp3) is 0.389. The highest BCUT2D eigenvalue weighted by atomic mass is 32.2. The average Bonchev–Trinajstić information content (AvgIpc) is 2.97. The second-order valence-corrected chi connectivity index (χ2v) is 9.16. The number of sulfonamides is 1. The van der Waals surface area contributed by atoms with E-state index in [0.29, 0.717) is 17.2 Å². The van der Waals surface area contributed by atoms with Gasteiger partial charge in [-0.15, -0.1) is 11.3 Å². The Hall–Kier alpha value is -1.90. The van der Waals surface area contributed by atoms with Gasteiger partial charge in [-0.25, -0.2) is 12.7 Å². The SMILES string of the molecule is CCOc1ccc(NC(=O)c2cc(C)c(CC)s2)cc1S(=O)(=O)N(C)C. The summed E-state index contributed by atoms with van der Waals surface area (Å²) < 4.78 is 31.7. The predicted molar refractivity (Wildman–Crippen MR) is 105 cm³/mol. The van der Waals surface area contributed by atoms with E-state index in [2.05, 4.69) is 5.32 Å². The zero-order valence-corrected chi connectivity index (χ0v) is 17.3. The molecule has 6 nitrogen and oxygen atoms in total. The number of thiophene rings is 1. The highest BCUT2D eigenvalue weighted by Gasteiger charge is 2.23. The second kappa shape index (κ2) is 8.20. The first-order chi connectivity index (χ1) is 12.2. The van der Waals surface area contributed by atoms with Crippen LogP contribution in [0.1, 0.15) is 34.0 Å². The molecule has 1 N–H and O–H groups in total. The highest BCUT2D eigenvalue weighted by molar-refractivity contribution is 7.89. The number of ether oxygens (including phenoxy) is 1. The van der Waals surface area contributed by atoms with Crippen molar-refractivity contribution in [1.29, 1.82) is 0 Å². The third-order valence-electron chi connectivity index (χ3n) is 3.83. The fourth-order valence-electron chi connectivity index (χ4n) is 2.43. The molecule has 0 fully saturated rings. The topological polar surface area (TPSA) is 75.7 Å². The minimum atomic E-state index is -3.70.